The van der Waals surface area contributed by atoms with Gasteiger partial charge in [-0.15, -0.1) is 0 Å². The summed E-state index contributed by atoms with van der Waals surface area (Å²) in [4.78, 5) is 24.3. The van der Waals surface area contributed by atoms with E-state index in [1.807, 2.05) is 0 Å². The van der Waals surface area contributed by atoms with E-state index in [0.717, 1.165) is 0 Å². The van der Waals surface area contributed by atoms with Crippen molar-refractivity contribution in [2.75, 3.05) is 7.11 Å². The third-order valence-electron chi connectivity index (χ3n) is 4.14. The van der Waals surface area contributed by atoms with E-state index in [9.17, 15) is 14.0 Å². The molecule has 3 rings (SSSR count). The van der Waals surface area contributed by atoms with E-state index in [-0.39, 0.29) is 29.1 Å². The maximum atomic E-state index is 13.7. The molecule has 1 saturated carbocycles. The maximum absolute atomic E-state index is 13.7. The van der Waals surface area contributed by atoms with Gasteiger partial charge in [-0.2, -0.15) is 0 Å². The lowest BCUT2D eigenvalue weighted by Gasteiger charge is -2.10. The zero-order valence-electron chi connectivity index (χ0n) is 13.4. The third kappa shape index (κ3) is 3.74. The average Bonchev–Trinajstić information content (AvgIpc) is 3.40. The molecule has 7 heteroatoms. The minimum Gasteiger partial charge on any atom is -0.496 e. The molecule has 130 valence electrons. The molecule has 2 aromatic rings. The normalized spacial score (nSPS) is 18.4. The van der Waals surface area contributed by atoms with Gasteiger partial charge < -0.3 is 4.74 Å². The Kier molecular flexibility index (Phi) is 4.90. The lowest BCUT2D eigenvalue weighted by molar-refractivity contribution is -0.123. The van der Waals surface area contributed by atoms with E-state index < -0.39 is 5.91 Å². The number of ether oxygens (including phenoxy) is 1. The van der Waals surface area contributed by atoms with E-state index in [0.29, 0.717) is 22.8 Å². The van der Waals surface area contributed by atoms with Crippen LogP contribution in [-0.2, 0) is 4.79 Å². The van der Waals surface area contributed by atoms with E-state index >= 15 is 0 Å². The lowest BCUT2D eigenvalue weighted by Crippen LogP contribution is -2.42. The highest BCUT2D eigenvalue weighted by Crippen LogP contribution is 2.48. The van der Waals surface area contributed by atoms with Gasteiger partial charge in [0.1, 0.15) is 11.6 Å². The molecule has 1 aliphatic carbocycles. The molecule has 2 unspecified atom stereocenters. The Bertz CT molecular complexity index is 828. The summed E-state index contributed by atoms with van der Waals surface area (Å²) in [7, 11) is 1.42. The standard InChI is InChI=1S/C18H16ClFN2O3/c1-25-16-8-10(19)6-7-12(16)17(23)21-22-18(24)14-9-13(14)11-4-2-3-5-15(11)20/h2-8,13-14H,9H2,1H3,(H,21,23)(H,22,24). The van der Waals surface area contributed by atoms with Crippen LogP contribution in [0, 0.1) is 11.7 Å². The number of hydrazine groups is 1. The molecular formula is C18H16ClFN2O3. The summed E-state index contributed by atoms with van der Waals surface area (Å²) in [6.45, 7) is 0. The first kappa shape index (κ1) is 17.2. The third-order valence-corrected chi connectivity index (χ3v) is 4.37. The Morgan fingerprint density at radius 3 is 2.68 bits per heavy atom. The zero-order chi connectivity index (χ0) is 18.0. The van der Waals surface area contributed by atoms with Crippen molar-refractivity contribution >= 4 is 23.4 Å². The van der Waals surface area contributed by atoms with Crippen molar-refractivity contribution in [2.24, 2.45) is 5.92 Å². The van der Waals surface area contributed by atoms with Crippen LogP contribution in [0.3, 0.4) is 0 Å². The first-order valence-corrected chi connectivity index (χ1v) is 8.07. The van der Waals surface area contributed by atoms with Gasteiger partial charge in [-0.25, -0.2) is 4.39 Å². The molecule has 0 heterocycles. The van der Waals surface area contributed by atoms with Gasteiger partial charge in [0, 0.05) is 10.9 Å². The van der Waals surface area contributed by atoms with Gasteiger partial charge in [-0.3, -0.25) is 20.4 Å². The van der Waals surface area contributed by atoms with Gasteiger partial charge in [0.2, 0.25) is 5.91 Å². The highest BCUT2D eigenvalue weighted by molar-refractivity contribution is 6.30. The Balaban J connectivity index is 1.59. The van der Waals surface area contributed by atoms with E-state index in [4.69, 9.17) is 16.3 Å². The summed E-state index contributed by atoms with van der Waals surface area (Å²) in [5.74, 6) is -1.42. The number of rotatable bonds is 4. The summed E-state index contributed by atoms with van der Waals surface area (Å²) in [5.41, 5.74) is 5.49. The number of amides is 2. The van der Waals surface area contributed by atoms with Crippen molar-refractivity contribution < 1.29 is 18.7 Å². The summed E-state index contributed by atoms with van der Waals surface area (Å²) < 4.78 is 18.8. The second-order valence-corrected chi connectivity index (χ2v) is 6.19. The molecule has 1 fully saturated rings. The topological polar surface area (TPSA) is 67.4 Å². The summed E-state index contributed by atoms with van der Waals surface area (Å²) in [5, 5.41) is 0.433. The summed E-state index contributed by atoms with van der Waals surface area (Å²) in [6, 6.07) is 10.9. The molecule has 0 saturated heterocycles. The summed E-state index contributed by atoms with van der Waals surface area (Å²) >= 11 is 5.85. The Hall–Kier alpha value is -2.60. The molecule has 0 aliphatic heterocycles. The van der Waals surface area contributed by atoms with E-state index in [2.05, 4.69) is 10.9 Å². The molecule has 5 nitrogen and oxygen atoms in total. The molecule has 0 aromatic heterocycles. The van der Waals surface area contributed by atoms with Crippen LogP contribution < -0.4 is 15.6 Å². The first-order valence-electron chi connectivity index (χ1n) is 7.69. The van der Waals surface area contributed by atoms with Gasteiger partial charge in [-0.1, -0.05) is 29.8 Å². The number of carbonyl (C=O) groups excluding carboxylic acids is 2. The van der Waals surface area contributed by atoms with E-state index in [1.54, 1.807) is 24.3 Å². The molecule has 0 bridgehead atoms. The number of hydrogen-bond donors (Lipinski definition) is 2. The van der Waals surface area contributed by atoms with Crippen LogP contribution in [0.15, 0.2) is 42.5 Å². The highest BCUT2D eigenvalue weighted by atomic mass is 35.5. The highest BCUT2D eigenvalue weighted by Gasteiger charge is 2.45. The fourth-order valence-electron chi connectivity index (χ4n) is 2.74. The predicted octanol–water partition coefficient (Wildman–Crippen LogP) is 3.05. The molecule has 25 heavy (non-hydrogen) atoms. The molecule has 2 aromatic carbocycles. The number of benzene rings is 2. The number of halogens is 2. The van der Waals surface area contributed by atoms with Crippen LogP contribution in [0.4, 0.5) is 4.39 Å². The van der Waals surface area contributed by atoms with Gasteiger partial charge in [0.05, 0.1) is 12.7 Å². The second-order valence-electron chi connectivity index (χ2n) is 5.76. The fraction of sp³-hybridized carbons (Fsp3) is 0.222. The van der Waals surface area contributed by atoms with Gasteiger partial charge in [-0.05, 0) is 42.2 Å². The Morgan fingerprint density at radius 2 is 1.96 bits per heavy atom. The van der Waals surface area contributed by atoms with Crippen molar-refractivity contribution in [1.82, 2.24) is 10.9 Å². The summed E-state index contributed by atoms with van der Waals surface area (Å²) in [6.07, 6.45) is 0.549. The van der Waals surface area contributed by atoms with Crippen LogP contribution in [-0.4, -0.2) is 18.9 Å². The van der Waals surface area contributed by atoms with Crippen molar-refractivity contribution in [3.63, 3.8) is 0 Å². The van der Waals surface area contributed by atoms with Crippen molar-refractivity contribution in [3.05, 3.63) is 64.4 Å². The minimum absolute atomic E-state index is 0.164. The monoisotopic (exact) mass is 362 g/mol. The molecule has 2 amide bonds. The Labute approximate surface area is 149 Å². The van der Waals surface area contributed by atoms with Gasteiger partial charge in [0.25, 0.3) is 5.91 Å². The van der Waals surface area contributed by atoms with Gasteiger partial charge in [0.15, 0.2) is 0 Å². The van der Waals surface area contributed by atoms with E-state index in [1.165, 1.54) is 25.3 Å². The van der Waals surface area contributed by atoms with Crippen LogP contribution in [0.25, 0.3) is 0 Å². The van der Waals surface area contributed by atoms with Gasteiger partial charge >= 0.3 is 0 Å². The predicted molar refractivity (Wildman–Crippen MR) is 90.9 cm³/mol. The number of carbonyl (C=O) groups is 2. The Morgan fingerprint density at radius 1 is 1.20 bits per heavy atom. The lowest BCUT2D eigenvalue weighted by atomic mass is 10.1. The molecule has 1 aliphatic rings. The number of nitrogens with one attached hydrogen (secondary N) is 2. The fourth-order valence-corrected chi connectivity index (χ4v) is 2.90. The molecule has 0 spiro atoms. The quantitative estimate of drug-likeness (QED) is 0.821. The minimum atomic E-state index is -0.523. The SMILES string of the molecule is COc1cc(Cl)ccc1C(=O)NNC(=O)C1CC1c1ccccc1F. The first-order chi connectivity index (χ1) is 12.0. The number of methoxy groups -OCH3 is 1. The number of hydrogen-bond acceptors (Lipinski definition) is 3. The van der Waals surface area contributed by atoms with Crippen molar-refractivity contribution in [1.29, 1.82) is 0 Å². The molecule has 0 radical (unpaired) electrons. The maximum Gasteiger partial charge on any atom is 0.273 e. The van der Waals surface area contributed by atoms with Crippen molar-refractivity contribution in [3.8, 4) is 5.75 Å². The van der Waals surface area contributed by atoms with Crippen LogP contribution in [0.2, 0.25) is 5.02 Å². The average molecular weight is 363 g/mol. The molecule has 2 N–H and O–H groups in total. The smallest absolute Gasteiger partial charge is 0.273 e. The van der Waals surface area contributed by atoms with Crippen LogP contribution in [0.5, 0.6) is 5.75 Å². The largest absolute Gasteiger partial charge is 0.496 e. The zero-order valence-corrected chi connectivity index (χ0v) is 14.1. The molecule has 2 atom stereocenters. The second kappa shape index (κ2) is 7.11. The van der Waals surface area contributed by atoms with Crippen LogP contribution in [0.1, 0.15) is 28.3 Å². The van der Waals surface area contributed by atoms with Crippen molar-refractivity contribution in [2.45, 2.75) is 12.3 Å². The molecular weight excluding hydrogens is 347 g/mol. The van der Waals surface area contributed by atoms with Crippen LogP contribution >= 0.6 is 11.6 Å².